The molecule has 0 atom stereocenters. The Morgan fingerprint density at radius 3 is 2.24 bits per heavy atom. The summed E-state index contributed by atoms with van der Waals surface area (Å²) in [7, 11) is 0. The van der Waals surface area contributed by atoms with E-state index in [1.54, 1.807) is 0 Å². The molecule has 0 aliphatic heterocycles. The molecule has 1 N–H and O–H groups in total. The summed E-state index contributed by atoms with van der Waals surface area (Å²) in [4.78, 5) is 23.3. The smallest absolute Gasteiger partial charge is 0.237 e. The second-order valence-electron chi connectivity index (χ2n) is 5.08. The van der Waals surface area contributed by atoms with Gasteiger partial charge in [-0.3, -0.25) is 14.9 Å². The normalized spacial score (nSPS) is 28.1. The van der Waals surface area contributed by atoms with Gasteiger partial charge in [-0.25, -0.2) is 0 Å². The zero-order chi connectivity index (χ0) is 13.1. The van der Waals surface area contributed by atoms with E-state index in [2.05, 4.69) is 24.6 Å². The molecule has 1 aliphatic carbocycles. The summed E-state index contributed by atoms with van der Waals surface area (Å²) in [5.41, 5.74) is 3.12. The van der Waals surface area contributed by atoms with E-state index in [0.29, 0.717) is 5.92 Å². The number of carbonyl (C=O) groups is 2. The van der Waals surface area contributed by atoms with Crippen LogP contribution in [0.2, 0.25) is 0 Å². The summed E-state index contributed by atoms with van der Waals surface area (Å²) in [6.07, 6.45) is 3.57. The predicted octanol–water partition coefficient (Wildman–Crippen LogP) is 2.58. The molecule has 0 bridgehead atoms. The van der Waals surface area contributed by atoms with Gasteiger partial charge in [-0.1, -0.05) is 13.5 Å². The van der Waals surface area contributed by atoms with Crippen LogP contribution in [0.15, 0.2) is 17.9 Å². The van der Waals surface area contributed by atoms with Gasteiger partial charge in [-0.2, -0.15) is 0 Å². The molecule has 3 heteroatoms. The number of carbonyl (C=O) groups excluding carboxylic acids is 2. The fourth-order valence-electron chi connectivity index (χ4n) is 2.48. The molecule has 1 saturated carbocycles. The van der Waals surface area contributed by atoms with E-state index in [4.69, 9.17) is 0 Å². The van der Waals surface area contributed by atoms with E-state index in [1.165, 1.54) is 6.92 Å². The van der Waals surface area contributed by atoms with Crippen LogP contribution in [-0.2, 0) is 9.59 Å². The summed E-state index contributed by atoms with van der Waals surface area (Å²) in [6, 6.07) is 0. The minimum Gasteiger partial charge on any atom is -0.296 e. The summed E-state index contributed by atoms with van der Waals surface area (Å²) < 4.78 is 0. The van der Waals surface area contributed by atoms with Crippen LogP contribution in [0.1, 0.15) is 46.5 Å². The lowest BCUT2D eigenvalue weighted by molar-refractivity contribution is -0.136. The lowest BCUT2D eigenvalue weighted by Crippen LogP contribution is -2.45. The highest BCUT2D eigenvalue weighted by Gasteiger charge is 2.42. The van der Waals surface area contributed by atoms with Crippen LogP contribution >= 0.6 is 0 Å². The van der Waals surface area contributed by atoms with Crippen LogP contribution in [-0.4, -0.2) is 11.8 Å². The maximum atomic E-state index is 12.2. The molecule has 1 rings (SSSR count). The molecule has 17 heavy (non-hydrogen) atoms. The highest BCUT2D eigenvalue weighted by Crippen LogP contribution is 2.44. The van der Waals surface area contributed by atoms with Gasteiger partial charge in [-0.15, -0.1) is 5.73 Å². The lowest BCUT2D eigenvalue weighted by Gasteiger charge is -2.37. The minimum absolute atomic E-state index is 0.189. The van der Waals surface area contributed by atoms with E-state index in [-0.39, 0.29) is 11.8 Å². The Kier molecular flexibility index (Phi) is 4.30. The lowest BCUT2D eigenvalue weighted by atomic mass is 9.66. The van der Waals surface area contributed by atoms with Gasteiger partial charge in [0.05, 0.1) is 5.41 Å². The van der Waals surface area contributed by atoms with Crippen molar-refractivity contribution in [1.82, 2.24) is 5.32 Å². The number of nitrogens with one attached hydrogen (secondary N) is 1. The van der Waals surface area contributed by atoms with Crippen LogP contribution in [0.4, 0.5) is 0 Å². The van der Waals surface area contributed by atoms with Gasteiger partial charge in [0.15, 0.2) is 0 Å². The van der Waals surface area contributed by atoms with Crippen LogP contribution in [0.5, 0.6) is 0 Å². The quantitative estimate of drug-likeness (QED) is 0.748. The fraction of sp³-hybridized carbons (Fsp3) is 0.643. The standard InChI is InChI=1S/C14H21NO2/c1-5-11(3)14(13(17)15-12(4)16)8-6-10(2)7-9-14/h10H,1,6-9H2,2-4H3,(H,15,16,17). The molecule has 0 saturated heterocycles. The molecule has 0 heterocycles. The summed E-state index contributed by atoms with van der Waals surface area (Å²) in [5, 5.41) is 2.42. The monoisotopic (exact) mass is 235 g/mol. The first-order chi connectivity index (χ1) is 7.92. The highest BCUT2D eigenvalue weighted by atomic mass is 16.2. The Hall–Kier alpha value is -1.34. The molecule has 0 radical (unpaired) electrons. The van der Waals surface area contributed by atoms with Crippen molar-refractivity contribution in [3.8, 4) is 0 Å². The average molecular weight is 235 g/mol. The molecule has 3 nitrogen and oxygen atoms in total. The van der Waals surface area contributed by atoms with E-state index >= 15 is 0 Å². The molecule has 0 spiro atoms. The summed E-state index contributed by atoms with van der Waals surface area (Å²) in [5.74, 6) is 0.154. The second-order valence-corrected chi connectivity index (χ2v) is 5.08. The molecular weight excluding hydrogens is 214 g/mol. The van der Waals surface area contributed by atoms with Crippen molar-refractivity contribution in [2.24, 2.45) is 11.3 Å². The van der Waals surface area contributed by atoms with Crippen molar-refractivity contribution < 1.29 is 9.59 Å². The Morgan fingerprint density at radius 2 is 1.82 bits per heavy atom. The SMILES string of the molecule is C=C=C(C)C1(C(=O)NC(C)=O)CCC(C)CC1. The van der Waals surface area contributed by atoms with E-state index < -0.39 is 5.41 Å². The van der Waals surface area contributed by atoms with Gasteiger partial charge >= 0.3 is 0 Å². The van der Waals surface area contributed by atoms with Crippen molar-refractivity contribution in [1.29, 1.82) is 0 Å². The number of hydrogen-bond acceptors (Lipinski definition) is 2. The number of amides is 2. The third-order valence-electron chi connectivity index (χ3n) is 3.84. The number of imide groups is 1. The number of rotatable bonds is 2. The van der Waals surface area contributed by atoms with Gasteiger partial charge < -0.3 is 0 Å². The van der Waals surface area contributed by atoms with Gasteiger partial charge in [0.2, 0.25) is 11.8 Å². The molecule has 0 aromatic rings. The van der Waals surface area contributed by atoms with Gasteiger partial charge in [0.25, 0.3) is 0 Å². The van der Waals surface area contributed by atoms with Crippen LogP contribution < -0.4 is 5.32 Å². The topological polar surface area (TPSA) is 46.2 Å². The van der Waals surface area contributed by atoms with Crippen molar-refractivity contribution in [2.45, 2.75) is 46.5 Å². The van der Waals surface area contributed by atoms with Crippen LogP contribution in [0, 0.1) is 11.3 Å². The highest BCUT2D eigenvalue weighted by molar-refractivity contribution is 5.98. The average Bonchev–Trinajstić information content (AvgIpc) is 2.28. The molecule has 94 valence electrons. The van der Waals surface area contributed by atoms with Crippen molar-refractivity contribution in [3.63, 3.8) is 0 Å². The Bertz CT molecular complexity index is 370. The second kappa shape index (κ2) is 5.33. The maximum Gasteiger partial charge on any atom is 0.237 e. The molecule has 0 aromatic heterocycles. The van der Waals surface area contributed by atoms with E-state index in [9.17, 15) is 9.59 Å². The molecule has 0 aromatic carbocycles. The molecule has 0 unspecified atom stereocenters. The Balaban J connectivity index is 2.99. The third-order valence-corrected chi connectivity index (χ3v) is 3.84. The van der Waals surface area contributed by atoms with E-state index in [0.717, 1.165) is 31.3 Å². The fourth-order valence-corrected chi connectivity index (χ4v) is 2.48. The Labute approximate surface area is 103 Å². The van der Waals surface area contributed by atoms with Gasteiger partial charge in [0.1, 0.15) is 0 Å². The van der Waals surface area contributed by atoms with Gasteiger partial charge in [0, 0.05) is 6.92 Å². The van der Waals surface area contributed by atoms with Crippen LogP contribution in [0.25, 0.3) is 0 Å². The predicted molar refractivity (Wildman–Crippen MR) is 67.2 cm³/mol. The number of hydrogen-bond donors (Lipinski definition) is 1. The zero-order valence-corrected chi connectivity index (χ0v) is 10.9. The van der Waals surface area contributed by atoms with Gasteiger partial charge in [-0.05, 0) is 44.1 Å². The molecule has 1 aliphatic rings. The molecular formula is C14H21NO2. The molecule has 2 amide bonds. The van der Waals surface area contributed by atoms with E-state index in [1.807, 2.05) is 6.92 Å². The summed E-state index contributed by atoms with van der Waals surface area (Å²) >= 11 is 0. The minimum atomic E-state index is -0.570. The maximum absolute atomic E-state index is 12.2. The third kappa shape index (κ3) is 2.86. The first-order valence-corrected chi connectivity index (χ1v) is 6.11. The first kappa shape index (κ1) is 13.7. The molecule has 1 fully saturated rings. The largest absolute Gasteiger partial charge is 0.296 e. The first-order valence-electron chi connectivity index (χ1n) is 6.11. The van der Waals surface area contributed by atoms with Crippen molar-refractivity contribution >= 4 is 11.8 Å². The Morgan fingerprint density at radius 1 is 1.29 bits per heavy atom. The van der Waals surface area contributed by atoms with Crippen molar-refractivity contribution in [3.05, 3.63) is 17.9 Å². The van der Waals surface area contributed by atoms with Crippen LogP contribution in [0.3, 0.4) is 0 Å². The zero-order valence-electron chi connectivity index (χ0n) is 10.9. The van der Waals surface area contributed by atoms with Crippen molar-refractivity contribution in [2.75, 3.05) is 0 Å². The summed E-state index contributed by atoms with van der Waals surface area (Å²) in [6.45, 7) is 9.07.